The van der Waals surface area contributed by atoms with Crippen molar-refractivity contribution >= 4 is 5.91 Å². The van der Waals surface area contributed by atoms with Gasteiger partial charge < -0.3 is 20.1 Å². The van der Waals surface area contributed by atoms with Crippen molar-refractivity contribution in [1.82, 2.24) is 10.6 Å². The minimum absolute atomic E-state index is 0.0406. The Morgan fingerprint density at radius 2 is 1.82 bits per heavy atom. The molecule has 1 unspecified atom stereocenters. The summed E-state index contributed by atoms with van der Waals surface area (Å²) >= 11 is 0. The van der Waals surface area contributed by atoms with Gasteiger partial charge in [0.1, 0.15) is 11.5 Å². The maximum absolute atomic E-state index is 12.9. The van der Waals surface area contributed by atoms with Gasteiger partial charge in [0.25, 0.3) is 5.91 Å². The van der Waals surface area contributed by atoms with Crippen LogP contribution in [0, 0.1) is 0 Å². The van der Waals surface area contributed by atoms with E-state index in [1.807, 2.05) is 0 Å². The number of benzene rings is 1. The molecule has 0 aromatic heterocycles. The summed E-state index contributed by atoms with van der Waals surface area (Å²) in [6.45, 7) is -7.64. The first-order valence-electron chi connectivity index (χ1n) is 10.2. The lowest BCUT2D eigenvalue weighted by Crippen LogP contribution is -2.43. The fourth-order valence-electron chi connectivity index (χ4n) is 2.48. The molecule has 158 valence electrons. The van der Waals surface area contributed by atoms with Gasteiger partial charge in [-0.2, -0.15) is 26.3 Å². The molecule has 0 saturated carbocycles. The second kappa shape index (κ2) is 9.35. The van der Waals surface area contributed by atoms with E-state index in [4.69, 9.17) is 5.48 Å². The molecule has 0 spiro atoms. The summed E-state index contributed by atoms with van der Waals surface area (Å²) in [6.07, 6.45) is -8.41. The summed E-state index contributed by atoms with van der Waals surface area (Å²) < 4.78 is 113. The Morgan fingerprint density at radius 3 is 2.43 bits per heavy atom. The van der Waals surface area contributed by atoms with Crippen LogP contribution in [-0.2, 0) is 0 Å². The van der Waals surface area contributed by atoms with Crippen molar-refractivity contribution in [3.63, 3.8) is 0 Å². The van der Waals surface area contributed by atoms with Gasteiger partial charge >= 0.3 is 12.4 Å². The van der Waals surface area contributed by atoms with Gasteiger partial charge in [-0.25, -0.2) is 0 Å². The fourth-order valence-corrected chi connectivity index (χ4v) is 2.48. The van der Waals surface area contributed by atoms with Gasteiger partial charge in [-0.3, -0.25) is 4.79 Å². The third kappa shape index (κ3) is 7.83. The van der Waals surface area contributed by atoms with Crippen molar-refractivity contribution < 1.29 is 46.1 Å². The number of alkyl halides is 6. The Morgan fingerprint density at radius 1 is 1.14 bits per heavy atom. The third-order valence-corrected chi connectivity index (χ3v) is 3.68. The minimum Gasteiger partial charge on any atom is -0.484 e. The summed E-state index contributed by atoms with van der Waals surface area (Å²) in [6, 6.07) is 1.64. The van der Waals surface area contributed by atoms with E-state index in [9.17, 15) is 31.1 Å². The number of rotatable bonds is 7. The number of piperidine rings is 1. The summed E-state index contributed by atoms with van der Waals surface area (Å²) in [4.78, 5) is 12.6. The third-order valence-electron chi connectivity index (χ3n) is 3.68. The van der Waals surface area contributed by atoms with Crippen LogP contribution < -0.4 is 20.1 Å². The molecule has 0 bridgehead atoms. The van der Waals surface area contributed by atoms with Crippen LogP contribution in [0.4, 0.5) is 26.3 Å². The van der Waals surface area contributed by atoms with Crippen LogP contribution in [0.1, 0.15) is 35.1 Å². The molecule has 2 rings (SSSR count). The molecule has 1 aliphatic heterocycles. The van der Waals surface area contributed by atoms with Crippen LogP contribution in [0.15, 0.2) is 18.2 Å². The molecule has 1 fully saturated rings. The number of carbonyl (C=O) groups is 1. The molecule has 2 N–H and O–H groups in total. The van der Waals surface area contributed by atoms with E-state index < -0.39 is 48.4 Å². The largest absolute Gasteiger partial charge is 0.484 e. The van der Waals surface area contributed by atoms with Crippen LogP contribution in [0.25, 0.3) is 0 Å². The zero-order valence-electron chi connectivity index (χ0n) is 18.3. The first-order chi connectivity index (χ1) is 14.5. The van der Waals surface area contributed by atoms with E-state index >= 15 is 0 Å². The molecule has 1 aromatic carbocycles. The predicted octanol–water partition coefficient (Wildman–Crippen LogP) is 3.44. The van der Waals surface area contributed by atoms with E-state index in [-0.39, 0.29) is 12.6 Å². The molecule has 1 saturated heterocycles. The minimum atomic E-state index is -5.48. The number of hydrogen-bond donors (Lipinski definition) is 2. The van der Waals surface area contributed by atoms with Gasteiger partial charge in [0.2, 0.25) is 0 Å². The Bertz CT molecular complexity index is 814. The van der Waals surface area contributed by atoms with Gasteiger partial charge in [0.15, 0.2) is 13.1 Å². The van der Waals surface area contributed by atoms with Crippen LogP contribution in [-0.4, -0.2) is 50.5 Å². The molecular formula is C17H20F6N2O3. The molecule has 28 heavy (non-hydrogen) atoms. The van der Waals surface area contributed by atoms with Crippen molar-refractivity contribution in [3.8, 4) is 11.5 Å². The molecule has 5 nitrogen and oxygen atoms in total. The summed E-state index contributed by atoms with van der Waals surface area (Å²) in [5, 5.41) is 5.50. The number of hydrogen-bond acceptors (Lipinski definition) is 4. The number of halogens is 6. The van der Waals surface area contributed by atoms with Crippen LogP contribution in [0.5, 0.6) is 11.5 Å². The van der Waals surface area contributed by atoms with Crippen LogP contribution in [0.2, 0.25) is 0 Å². The Kier molecular flexibility index (Phi) is 5.60. The highest BCUT2D eigenvalue weighted by atomic mass is 19.4. The zero-order valence-corrected chi connectivity index (χ0v) is 14.3. The Balaban J connectivity index is 2.32. The van der Waals surface area contributed by atoms with Crippen LogP contribution >= 0.6 is 0 Å². The molecule has 1 aromatic rings. The van der Waals surface area contributed by atoms with E-state index in [1.165, 1.54) is 0 Å². The number of amides is 1. The number of ether oxygens (including phenoxy) is 2. The maximum atomic E-state index is 12.9. The van der Waals surface area contributed by atoms with Crippen molar-refractivity contribution in [2.75, 3.05) is 26.2 Å². The first-order valence-corrected chi connectivity index (χ1v) is 8.20. The van der Waals surface area contributed by atoms with E-state index in [0.717, 1.165) is 12.8 Å². The molecule has 0 aliphatic carbocycles. The number of nitrogens with one attached hydrogen (secondary N) is 2. The average molecular weight is 418 g/mol. The topological polar surface area (TPSA) is 59.6 Å². The molecule has 1 atom stereocenters. The van der Waals surface area contributed by atoms with Gasteiger partial charge in [-0.05, 0) is 37.6 Å². The van der Waals surface area contributed by atoms with Crippen molar-refractivity contribution in [2.45, 2.75) is 37.7 Å². The second-order valence-electron chi connectivity index (χ2n) is 5.92. The highest BCUT2D eigenvalue weighted by Crippen LogP contribution is 2.28. The quantitative estimate of drug-likeness (QED) is 0.667. The lowest BCUT2D eigenvalue weighted by Gasteiger charge is -2.24. The van der Waals surface area contributed by atoms with Gasteiger partial charge in [0, 0.05) is 12.6 Å². The molecular weight excluding hydrogens is 394 g/mol. The second-order valence-corrected chi connectivity index (χ2v) is 5.92. The molecule has 1 heterocycles. The monoisotopic (exact) mass is 418 g/mol. The fraction of sp³-hybridized carbons (Fsp3) is 0.588. The molecule has 1 aliphatic rings. The molecule has 1 amide bonds. The standard InChI is InChI=1S/C17H20F6N2O3/c18-16(19,20)9-27-12-4-5-14(28-10-17(21,22)23)13(7-12)15(26)25-8-11-3-1-2-6-24-11/h4-5,7,11,24H,1-3,6,8-10H2,(H,25,26)/i9D2,10D2. The lowest BCUT2D eigenvalue weighted by molar-refractivity contribution is -0.154. The maximum Gasteiger partial charge on any atom is 0.422 e. The van der Waals surface area contributed by atoms with Gasteiger partial charge in [-0.1, -0.05) is 6.42 Å². The highest BCUT2D eigenvalue weighted by molar-refractivity contribution is 5.97. The predicted molar refractivity (Wildman–Crippen MR) is 87.5 cm³/mol. The van der Waals surface area contributed by atoms with Crippen LogP contribution in [0.3, 0.4) is 0 Å². The van der Waals surface area contributed by atoms with Crippen molar-refractivity contribution in [1.29, 1.82) is 0 Å². The van der Waals surface area contributed by atoms with Gasteiger partial charge in [0.05, 0.1) is 11.0 Å². The van der Waals surface area contributed by atoms with E-state index in [2.05, 4.69) is 20.1 Å². The first kappa shape index (κ1) is 16.8. The smallest absolute Gasteiger partial charge is 0.422 e. The summed E-state index contributed by atoms with van der Waals surface area (Å²) in [5.41, 5.74) is -0.760. The SMILES string of the molecule is [2H]C([2H])(Oc1ccc(OC([2H])([2H])C(F)(F)F)c(C(=O)NCC2CCCCN2)c1)C(F)(F)F. The van der Waals surface area contributed by atoms with E-state index in [0.29, 0.717) is 31.2 Å². The van der Waals surface area contributed by atoms with Gasteiger partial charge in [-0.15, -0.1) is 0 Å². The van der Waals surface area contributed by atoms with Crippen molar-refractivity contribution in [3.05, 3.63) is 23.8 Å². The molecule has 11 heteroatoms. The summed E-state index contributed by atoms with van der Waals surface area (Å²) in [7, 11) is 0. The zero-order chi connectivity index (χ0) is 24.4. The summed E-state index contributed by atoms with van der Waals surface area (Å²) in [5.74, 6) is -2.81. The normalized spacial score (nSPS) is 21.0. The highest BCUT2D eigenvalue weighted by Gasteiger charge is 2.30. The Hall–Kier alpha value is -2.17. The van der Waals surface area contributed by atoms with E-state index in [1.54, 1.807) is 0 Å². The number of carbonyl (C=O) groups excluding carboxylic acids is 1. The Labute approximate surface area is 163 Å². The average Bonchev–Trinajstić information content (AvgIpc) is 2.66. The molecule has 0 radical (unpaired) electrons. The lowest BCUT2D eigenvalue weighted by atomic mass is 10.0. The van der Waals surface area contributed by atoms with Crippen molar-refractivity contribution in [2.24, 2.45) is 0 Å².